The summed E-state index contributed by atoms with van der Waals surface area (Å²) in [5, 5.41) is 4.78. The largest absolute Gasteiger partial charge is 0.372 e. The minimum atomic E-state index is -1.73. The van der Waals surface area contributed by atoms with Crippen LogP contribution in [0.3, 0.4) is 0 Å². The molecule has 0 saturated carbocycles. The maximum atomic E-state index is 13.6. The predicted octanol–water partition coefficient (Wildman–Crippen LogP) is 3.07. The number of benzene rings is 2. The van der Waals surface area contributed by atoms with Crippen LogP contribution in [0.15, 0.2) is 36.4 Å². The van der Waals surface area contributed by atoms with Gasteiger partial charge in [-0.15, -0.1) is 0 Å². The summed E-state index contributed by atoms with van der Waals surface area (Å²) >= 11 is 0. The zero-order chi connectivity index (χ0) is 19.4. The van der Waals surface area contributed by atoms with Crippen molar-refractivity contribution in [3.8, 4) is 0 Å². The van der Waals surface area contributed by atoms with Crippen LogP contribution in [0.4, 0.5) is 24.5 Å². The van der Waals surface area contributed by atoms with E-state index >= 15 is 0 Å². The van der Waals surface area contributed by atoms with Crippen LogP contribution in [0.25, 0.3) is 0 Å². The van der Waals surface area contributed by atoms with Gasteiger partial charge in [-0.05, 0) is 49.2 Å². The lowest BCUT2D eigenvalue weighted by Gasteiger charge is -2.17. The molecule has 3 rings (SSSR count). The van der Waals surface area contributed by atoms with Gasteiger partial charge < -0.3 is 15.5 Å². The highest BCUT2D eigenvalue weighted by Crippen LogP contribution is 2.22. The van der Waals surface area contributed by atoms with Gasteiger partial charge in [0.2, 0.25) is 5.91 Å². The summed E-state index contributed by atoms with van der Waals surface area (Å²) in [6.45, 7) is 1.59. The fourth-order valence-electron chi connectivity index (χ4n) is 2.89. The van der Waals surface area contributed by atoms with E-state index in [9.17, 15) is 22.8 Å². The molecule has 5 nitrogen and oxygen atoms in total. The van der Waals surface area contributed by atoms with E-state index in [-0.39, 0.29) is 0 Å². The molecular weight excluding hydrogens is 359 g/mol. The summed E-state index contributed by atoms with van der Waals surface area (Å²) in [5.41, 5.74) is 0.959. The van der Waals surface area contributed by atoms with Crippen molar-refractivity contribution in [3.05, 3.63) is 59.4 Å². The van der Waals surface area contributed by atoms with Crippen LogP contribution in [0.1, 0.15) is 23.2 Å². The molecule has 0 bridgehead atoms. The van der Waals surface area contributed by atoms with Crippen LogP contribution in [-0.2, 0) is 4.79 Å². The average molecular weight is 377 g/mol. The second-order valence-electron chi connectivity index (χ2n) is 6.19. The molecule has 2 aromatic carbocycles. The molecule has 0 radical (unpaired) electrons. The molecule has 1 heterocycles. The number of rotatable bonds is 5. The van der Waals surface area contributed by atoms with Gasteiger partial charge in [0.15, 0.2) is 17.5 Å². The van der Waals surface area contributed by atoms with Crippen molar-refractivity contribution in [2.24, 2.45) is 0 Å². The lowest BCUT2D eigenvalue weighted by Crippen LogP contribution is -2.33. The highest BCUT2D eigenvalue weighted by molar-refractivity contribution is 5.99. The Morgan fingerprint density at radius 3 is 2.26 bits per heavy atom. The molecule has 1 aliphatic heterocycles. The van der Waals surface area contributed by atoms with Crippen molar-refractivity contribution in [3.63, 3.8) is 0 Å². The Labute approximate surface area is 154 Å². The standard InChI is InChI=1S/C19H18F3N3O2/c20-15-8-7-14(17(21)18(15)22)19(27)23-11-16(26)24-12-3-5-13(6-4-12)25-9-1-2-10-25/h3-8H,1-2,9-11H2,(H,23,27)(H,24,26). The first kappa shape index (κ1) is 18.8. The lowest BCUT2D eigenvalue weighted by molar-refractivity contribution is -0.115. The zero-order valence-electron chi connectivity index (χ0n) is 14.4. The van der Waals surface area contributed by atoms with E-state index in [1.54, 1.807) is 12.1 Å². The van der Waals surface area contributed by atoms with Crippen molar-refractivity contribution in [1.29, 1.82) is 0 Å². The van der Waals surface area contributed by atoms with E-state index in [1.165, 1.54) is 0 Å². The Kier molecular flexibility index (Phi) is 5.63. The Morgan fingerprint density at radius 1 is 0.926 bits per heavy atom. The van der Waals surface area contributed by atoms with Crippen molar-refractivity contribution < 1.29 is 22.8 Å². The summed E-state index contributed by atoms with van der Waals surface area (Å²) in [6.07, 6.45) is 2.33. The Balaban J connectivity index is 1.53. The Morgan fingerprint density at radius 2 is 1.59 bits per heavy atom. The maximum absolute atomic E-state index is 13.6. The van der Waals surface area contributed by atoms with Crippen LogP contribution >= 0.6 is 0 Å². The number of nitrogens with zero attached hydrogens (tertiary/aromatic N) is 1. The minimum absolute atomic E-state index is 0.439. The number of amides is 2. The van der Waals surface area contributed by atoms with Gasteiger partial charge in [0.05, 0.1) is 12.1 Å². The minimum Gasteiger partial charge on any atom is -0.372 e. The number of hydrogen-bond donors (Lipinski definition) is 2. The summed E-state index contributed by atoms with van der Waals surface area (Å²) < 4.78 is 39.6. The predicted molar refractivity (Wildman–Crippen MR) is 95.2 cm³/mol. The highest BCUT2D eigenvalue weighted by Gasteiger charge is 2.19. The lowest BCUT2D eigenvalue weighted by atomic mass is 10.2. The molecule has 1 fully saturated rings. The molecule has 27 heavy (non-hydrogen) atoms. The van der Waals surface area contributed by atoms with Crippen LogP contribution < -0.4 is 15.5 Å². The number of carbonyl (C=O) groups is 2. The van der Waals surface area contributed by atoms with E-state index < -0.39 is 41.4 Å². The molecule has 142 valence electrons. The van der Waals surface area contributed by atoms with E-state index in [0.717, 1.165) is 37.7 Å². The van der Waals surface area contributed by atoms with Gasteiger partial charge in [0, 0.05) is 24.5 Å². The Hall–Kier alpha value is -3.03. The van der Waals surface area contributed by atoms with Gasteiger partial charge in [-0.3, -0.25) is 9.59 Å². The topological polar surface area (TPSA) is 61.4 Å². The number of hydrogen-bond acceptors (Lipinski definition) is 3. The van der Waals surface area contributed by atoms with Crippen LogP contribution in [0, 0.1) is 17.5 Å². The van der Waals surface area contributed by atoms with E-state index in [1.807, 2.05) is 12.1 Å². The molecule has 0 atom stereocenters. The van der Waals surface area contributed by atoms with Crippen LogP contribution in [-0.4, -0.2) is 31.4 Å². The first-order chi connectivity index (χ1) is 13.0. The third kappa shape index (κ3) is 4.39. The van der Waals surface area contributed by atoms with Crippen LogP contribution in [0.2, 0.25) is 0 Å². The molecule has 2 amide bonds. The molecule has 2 aromatic rings. The highest BCUT2D eigenvalue weighted by atomic mass is 19.2. The van der Waals surface area contributed by atoms with Crippen molar-refractivity contribution >= 4 is 23.2 Å². The average Bonchev–Trinajstić information content (AvgIpc) is 3.20. The van der Waals surface area contributed by atoms with Gasteiger partial charge >= 0.3 is 0 Å². The molecule has 0 aromatic heterocycles. The van der Waals surface area contributed by atoms with Gasteiger partial charge in [-0.2, -0.15) is 0 Å². The van der Waals surface area contributed by atoms with Crippen molar-refractivity contribution in [2.75, 3.05) is 29.9 Å². The molecule has 8 heteroatoms. The number of anilines is 2. The monoisotopic (exact) mass is 377 g/mol. The molecule has 1 aliphatic rings. The summed E-state index contributed by atoms with van der Waals surface area (Å²) in [4.78, 5) is 26.0. The second-order valence-corrected chi connectivity index (χ2v) is 6.19. The summed E-state index contributed by atoms with van der Waals surface area (Å²) in [7, 11) is 0. The molecule has 0 spiro atoms. The van der Waals surface area contributed by atoms with E-state index in [0.29, 0.717) is 11.8 Å². The smallest absolute Gasteiger partial charge is 0.254 e. The molecule has 0 unspecified atom stereocenters. The van der Waals surface area contributed by atoms with Gasteiger partial charge in [0.1, 0.15) is 0 Å². The second kappa shape index (κ2) is 8.11. The molecule has 2 N–H and O–H groups in total. The van der Waals surface area contributed by atoms with Crippen LogP contribution in [0.5, 0.6) is 0 Å². The number of carbonyl (C=O) groups excluding carboxylic acids is 2. The molecular formula is C19H18F3N3O2. The van der Waals surface area contributed by atoms with E-state index in [2.05, 4.69) is 15.5 Å². The SMILES string of the molecule is O=C(CNC(=O)c1ccc(F)c(F)c1F)Nc1ccc(N2CCCC2)cc1. The van der Waals surface area contributed by atoms with Crippen molar-refractivity contribution in [1.82, 2.24) is 5.32 Å². The van der Waals surface area contributed by atoms with Gasteiger partial charge in [-0.1, -0.05) is 0 Å². The summed E-state index contributed by atoms with van der Waals surface area (Å²) in [6, 6.07) is 8.77. The van der Waals surface area contributed by atoms with E-state index in [4.69, 9.17) is 0 Å². The van der Waals surface area contributed by atoms with Gasteiger partial charge in [0.25, 0.3) is 5.91 Å². The number of halogens is 3. The maximum Gasteiger partial charge on any atom is 0.254 e. The third-order valence-corrected chi connectivity index (χ3v) is 4.31. The van der Waals surface area contributed by atoms with Gasteiger partial charge in [-0.25, -0.2) is 13.2 Å². The Bertz CT molecular complexity index is 850. The zero-order valence-corrected chi connectivity index (χ0v) is 14.4. The first-order valence-electron chi connectivity index (χ1n) is 8.52. The fourth-order valence-corrected chi connectivity index (χ4v) is 2.89. The molecule has 1 saturated heterocycles. The fraction of sp³-hybridized carbons (Fsp3) is 0.263. The quantitative estimate of drug-likeness (QED) is 0.788. The third-order valence-electron chi connectivity index (χ3n) is 4.31. The van der Waals surface area contributed by atoms with Crippen molar-refractivity contribution in [2.45, 2.75) is 12.8 Å². The normalized spacial score (nSPS) is 13.5. The first-order valence-corrected chi connectivity index (χ1v) is 8.52. The molecule has 0 aliphatic carbocycles. The summed E-state index contributed by atoms with van der Waals surface area (Å²) in [5.74, 6) is -6.25. The number of nitrogens with one attached hydrogen (secondary N) is 2.